The summed E-state index contributed by atoms with van der Waals surface area (Å²) < 4.78 is 0. The molecule has 0 aromatic carbocycles. The number of aromatic amines is 1. The molecule has 0 saturated carbocycles. The van der Waals surface area contributed by atoms with Gasteiger partial charge in [0, 0.05) is 23.2 Å². The van der Waals surface area contributed by atoms with Gasteiger partial charge in [-0.25, -0.2) is 4.98 Å². The zero-order valence-corrected chi connectivity index (χ0v) is 13.1. The van der Waals surface area contributed by atoms with Gasteiger partial charge in [0.25, 0.3) is 0 Å². The largest absolute Gasteiger partial charge is 0.352 e. The molecule has 0 aliphatic carbocycles. The number of thiophene rings is 1. The van der Waals surface area contributed by atoms with E-state index in [-0.39, 0.29) is 5.91 Å². The molecule has 108 valence electrons. The molecule has 3 aromatic heterocycles. The van der Waals surface area contributed by atoms with E-state index >= 15 is 0 Å². The summed E-state index contributed by atoms with van der Waals surface area (Å²) in [6, 6.07) is 4.04. The number of hydrogen-bond acceptors (Lipinski definition) is 5. The average Bonchev–Trinajstić information content (AvgIpc) is 3.17. The minimum atomic E-state index is -0.0290. The SMILES string of the molecule is Cc1[nH]ncc1CNC(=O)Cc1csc(-c2cccs2)n1. The Hall–Kier alpha value is -1.99. The van der Waals surface area contributed by atoms with E-state index in [1.807, 2.05) is 29.8 Å². The maximum atomic E-state index is 11.9. The molecule has 0 unspecified atom stereocenters. The molecule has 3 aromatic rings. The lowest BCUT2D eigenvalue weighted by Crippen LogP contribution is -2.24. The van der Waals surface area contributed by atoms with Crippen molar-refractivity contribution in [2.24, 2.45) is 0 Å². The van der Waals surface area contributed by atoms with Crippen LogP contribution < -0.4 is 5.32 Å². The van der Waals surface area contributed by atoms with E-state index < -0.39 is 0 Å². The molecule has 7 heteroatoms. The number of aromatic nitrogens is 3. The van der Waals surface area contributed by atoms with Crippen molar-refractivity contribution in [1.29, 1.82) is 0 Å². The number of nitrogens with zero attached hydrogens (tertiary/aromatic N) is 2. The standard InChI is InChI=1S/C14H14N4OS2/c1-9-10(7-16-18-9)6-15-13(19)5-11-8-21-14(17-11)12-3-2-4-20-12/h2-4,7-8H,5-6H2,1H3,(H,15,19)(H,16,18). The Kier molecular flexibility index (Phi) is 4.12. The van der Waals surface area contributed by atoms with Crippen LogP contribution in [0.2, 0.25) is 0 Å². The van der Waals surface area contributed by atoms with Gasteiger partial charge in [-0.2, -0.15) is 5.10 Å². The van der Waals surface area contributed by atoms with Crippen molar-refractivity contribution < 1.29 is 4.79 Å². The predicted octanol–water partition coefficient (Wildman–Crippen LogP) is 2.76. The maximum Gasteiger partial charge on any atom is 0.226 e. The molecule has 0 aliphatic heterocycles. The van der Waals surface area contributed by atoms with Crippen molar-refractivity contribution in [1.82, 2.24) is 20.5 Å². The lowest BCUT2D eigenvalue weighted by Gasteiger charge is -2.02. The van der Waals surface area contributed by atoms with E-state index in [1.54, 1.807) is 28.9 Å². The van der Waals surface area contributed by atoms with Gasteiger partial charge in [-0.15, -0.1) is 22.7 Å². The smallest absolute Gasteiger partial charge is 0.226 e. The molecule has 5 nitrogen and oxygen atoms in total. The summed E-state index contributed by atoms with van der Waals surface area (Å²) in [5.41, 5.74) is 2.79. The van der Waals surface area contributed by atoms with Gasteiger partial charge in [0.1, 0.15) is 5.01 Å². The Morgan fingerprint density at radius 1 is 1.43 bits per heavy atom. The van der Waals surface area contributed by atoms with Crippen LogP contribution >= 0.6 is 22.7 Å². The zero-order chi connectivity index (χ0) is 14.7. The summed E-state index contributed by atoms with van der Waals surface area (Å²) in [5, 5.41) is 14.6. The van der Waals surface area contributed by atoms with Crippen molar-refractivity contribution in [2.45, 2.75) is 19.9 Å². The van der Waals surface area contributed by atoms with Crippen LogP contribution in [-0.2, 0) is 17.8 Å². The third-order valence-electron chi connectivity index (χ3n) is 3.04. The zero-order valence-electron chi connectivity index (χ0n) is 11.4. The molecule has 3 rings (SSSR count). The Labute approximate surface area is 130 Å². The second-order valence-electron chi connectivity index (χ2n) is 4.60. The molecule has 1 amide bonds. The first-order chi connectivity index (χ1) is 10.2. The molecule has 0 saturated heterocycles. The minimum Gasteiger partial charge on any atom is -0.352 e. The number of hydrogen-bond donors (Lipinski definition) is 2. The Morgan fingerprint density at radius 3 is 3.05 bits per heavy atom. The van der Waals surface area contributed by atoms with Crippen LogP contribution in [0.5, 0.6) is 0 Å². The summed E-state index contributed by atoms with van der Waals surface area (Å²) in [5.74, 6) is -0.0290. The number of H-pyrrole nitrogens is 1. The average molecular weight is 318 g/mol. The highest BCUT2D eigenvalue weighted by Crippen LogP contribution is 2.27. The summed E-state index contributed by atoms with van der Waals surface area (Å²) in [6.45, 7) is 2.42. The monoisotopic (exact) mass is 318 g/mol. The van der Waals surface area contributed by atoms with Gasteiger partial charge >= 0.3 is 0 Å². The fraction of sp³-hybridized carbons (Fsp3) is 0.214. The number of nitrogens with one attached hydrogen (secondary N) is 2. The fourth-order valence-corrected chi connectivity index (χ4v) is 3.51. The highest BCUT2D eigenvalue weighted by Gasteiger charge is 2.10. The van der Waals surface area contributed by atoms with E-state index in [1.165, 1.54) is 0 Å². The third-order valence-corrected chi connectivity index (χ3v) is 4.97. The van der Waals surface area contributed by atoms with E-state index in [0.717, 1.165) is 26.8 Å². The fourth-order valence-electron chi connectivity index (χ4n) is 1.88. The second kappa shape index (κ2) is 6.19. The Balaban J connectivity index is 1.57. The molecule has 0 bridgehead atoms. The minimum absolute atomic E-state index is 0.0290. The lowest BCUT2D eigenvalue weighted by molar-refractivity contribution is -0.120. The topological polar surface area (TPSA) is 70.7 Å². The Bertz CT molecular complexity index is 730. The molecule has 0 fully saturated rings. The number of carbonyl (C=O) groups is 1. The van der Waals surface area contributed by atoms with Crippen molar-refractivity contribution in [3.63, 3.8) is 0 Å². The summed E-state index contributed by atoms with van der Waals surface area (Å²) in [7, 11) is 0. The van der Waals surface area contributed by atoms with Crippen molar-refractivity contribution >= 4 is 28.6 Å². The number of carbonyl (C=O) groups excluding carboxylic acids is 1. The van der Waals surface area contributed by atoms with Crippen LogP contribution in [-0.4, -0.2) is 21.1 Å². The van der Waals surface area contributed by atoms with Gasteiger partial charge in [0.15, 0.2) is 0 Å². The molecular weight excluding hydrogens is 304 g/mol. The van der Waals surface area contributed by atoms with Gasteiger partial charge in [-0.3, -0.25) is 9.89 Å². The first kappa shape index (κ1) is 14.0. The van der Waals surface area contributed by atoms with Crippen LogP contribution in [0, 0.1) is 6.92 Å². The summed E-state index contributed by atoms with van der Waals surface area (Å²) >= 11 is 3.23. The van der Waals surface area contributed by atoms with Gasteiger partial charge in [0.05, 0.1) is 23.2 Å². The molecule has 0 atom stereocenters. The van der Waals surface area contributed by atoms with E-state index in [4.69, 9.17) is 0 Å². The highest BCUT2D eigenvalue weighted by molar-refractivity contribution is 7.20. The first-order valence-electron chi connectivity index (χ1n) is 6.46. The van der Waals surface area contributed by atoms with Gasteiger partial charge in [-0.1, -0.05) is 6.07 Å². The number of thiazole rings is 1. The van der Waals surface area contributed by atoms with Gasteiger partial charge in [-0.05, 0) is 18.4 Å². The molecule has 3 heterocycles. The summed E-state index contributed by atoms with van der Waals surface area (Å²) in [4.78, 5) is 17.6. The van der Waals surface area contributed by atoms with Crippen LogP contribution in [0.15, 0.2) is 29.1 Å². The van der Waals surface area contributed by atoms with Crippen molar-refractivity contribution in [3.8, 4) is 9.88 Å². The first-order valence-corrected chi connectivity index (χ1v) is 8.22. The number of aryl methyl sites for hydroxylation is 1. The lowest BCUT2D eigenvalue weighted by atomic mass is 10.2. The maximum absolute atomic E-state index is 11.9. The van der Waals surface area contributed by atoms with Crippen molar-refractivity contribution in [2.75, 3.05) is 0 Å². The predicted molar refractivity (Wildman–Crippen MR) is 84.3 cm³/mol. The van der Waals surface area contributed by atoms with Gasteiger partial charge < -0.3 is 5.32 Å². The normalized spacial score (nSPS) is 10.7. The van der Waals surface area contributed by atoms with Crippen LogP contribution in [0.4, 0.5) is 0 Å². The molecule has 0 aliphatic rings. The molecular formula is C14H14N4OS2. The van der Waals surface area contributed by atoms with Crippen LogP contribution in [0.3, 0.4) is 0 Å². The highest BCUT2D eigenvalue weighted by atomic mass is 32.1. The van der Waals surface area contributed by atoms with Gasteiger partial charge in [0.2, 0.25) is 5.91 Å². The van der Waals surface area contributed by atoms with E-state index in [2.05, 4.69) is 20.5 Å². The Morgan fingerprint density at radius 2 is 2.33 bits per heavy atom. The molecule has 0 radical (unpaired) electrons. The van der Waals surface area contributed by atoms with E-state index in [0.29, 0.717) is 13.0 Å². The molecule has 0 spiro atoms. The third kappa shape index (κ3) is 3.37. The van der Waals surface area contributed by atoms with E-state index in [9.17, 15) is 4.79 Å². The quantitative estimate of drug-likeness (QED) is 0.760. The van der Waals surface area contributed by atoms with Crippen molar-refractivity contribution in [3.05, 3.63) is 46.0 Å². The van der Waals surface area contributed by atoms with Crippen LogP contribution in [0.25, 0.3) is 9.88 Å². The number of amides is 1. The second-order valence-corrected chi connectivity index (χ2v) is 6.40. The molecule has 2 N–H and O–H groups in total. The molecule has 21 heavy (non-hydrogen) atoms. The summed E-state index contributed by atoms with van der Waals surface area (Å²) in [6.07, 6.45) is 2.03. The van der Waals surface area contributed by atoms with Crippen LogP contribution in [0.1, 0.15) is 17.0 Å². The number of rotatable bonds is 5.